The highest BCUT2D eigenvalue weighted by Gasteiger charge is 2.15. The lowest BCUT2D eigenvalue weighted by Gasteiger charge is -1.92. The van der Waals surface area contributed by atoms with E-state index in [9.17, 15) is 9.59 Å². The average molecular weight is 473 g/mol. The van der Waals surface area contributed by atoms with Crippen LogP contribution >= 0.6 is 54.5 Å². The lowest BCUT2D eigenvalue weighted by atomic mass is 10.5. The molecule has 0 aliphatic heterocycles. The molecule has 0 aliphatic carbocycles. The minimum absolute atomic E-state index is 0.231. The Balaban J connectivity index is 0.000000220. The number of carbonyl (C=O) groups is 2. The molecule has 2 heterocycles. The number of nitrogens with two attached hydrogens (primary N) is 1. The first-order chi connectivity index (χ1) is 10.3. The Morgan fingerprint density at radius 2 is 1.45 bits per heavy atom. The zero-order valence-corrected chi connectivity index (χ0v) is 16.5. The summed E-state index contributed by atoms with van der Waals surface area (Å²) < 4.78 is 10.3. The number of aromatic nitrogens is 2. The van der Waals surface area contributed by atoms with Gasteiger partial charge in [0.25, 0.3) is 0 Å². The topological polar surface area (TPSA) is 104 Å². The fraction of sp³-hybridized carbons (Fsp3) is 0.273. The maximum atomic E-state index is 10.9. The highest BCUT2D eigenvalue weighted by atomic mass is 79.9. The van der Waals surface area contributed by atoms with Crippen molar-refractivity contribution in [2.45, 2.75) is 6.92 Å². The van der Waals surface area contributed by atoms with Crippen molar-refractivity contribution in [3.63, 3.8) is 0 Å². The van der Waals surface area contributed by atoms with Crippen LogP contribution in [0.3, 0.4) is 0 Å². The summed E-state index contributed by atoms with van der Waals surface area (Å²) in [5.74, 6) is -0.883. The molecule has 22 heavy (non-hydrogen) atoms. The van der Waals surface area contributed by atoms with Crippen molar-refractivity contribution < 1.29 is 19.1 Å². The van der Waals surface area contributed by atoms with Gasteiger partial charge in [-0.05, 0) is 38.8 Å². The van der Waals surface area contributed by atoms with Gasteiger partial charge < -0.3 is 15.2 Å². The number of rotatable bonds is 2. The first-order valence-corrected chi connectivity index (χ1v) is 8.73. The lowest BCUT2D eigenvalue weighted by molar-refractivity contribution is 0.0585. The summed E-state index contributed by atoms with van der Waals surface area (Å²) in [7, 11) is 2.63. The average Bonchev–Trinajstić information content (AvgIpc) is 2.99. The van der Waals surface area contributed by atoms with Crippen molar-refractivity contribution in [3.8, 4) is 0 Å². The molecule has 0 fully saturated rings. The number of ether oxygens (including phenoxy) is 2. The maximum Gasteiger partial charge on any atom is 0.358 e. The van der Waals surface area contributed by atoms with Crippen LogP contribution in [0.5, 0.6) is 0 Å². The first kappa shape index (κ1) is 19.0. The van der Waals surface area contributed by atoms with Crippen molar-refractivity contribution in [1.29, 1.82) is 0 Å². The fourth-order valence-electron chi connectivity index (χ4n) is 1.16. The predicted octanol–water partition coefficient (Wildman–Crippen LogP) is 3.28. The van der Waals surface area contributed by atoms with E-state index >= 15 is 0 Å². The van der Waals surface area contributed by atoms with Gasteiger partial charge >= 0.3 is 11.9 Å². The van der Waals surface area contributed by atoms with Gasteiger partial charge in [0.1, 0.15) is 7.57 Å². The molecule has 0 bridgehead atoms. The second-order valence-corrected chi connectivity index (χ2v) is 8.38. The zero-order valence-electron chi connectivity index (χ0n) is 11.7. The van der Waals surface area contributed by atoms with Gasteiger partial charge in [0.15, 0.2) is 16.5 Å². The van der Waals surface area contributed by atoms with Gasteiger partial charge in [-0.15, -0.1) is 11.3 Å². The highest BCUT2D eigenvalue weighted by molar-refractivity contribution is 9.11. The summed E-state index contributed by atoms with van der Waals surface area (Å²) in [6.45, 7) is 1.84. The van der Waals surface area contributed by atoms with Crippen LogP contribution in [-0.4, -0.2) is 36.1 Å². The van der Waals surface area contributed by atoms with Crippen LogP contribution in [-0.2, 0) is 9.47 Å². The molecule has 0 saturated carbocycles. The number of nitrogen functional groups attached to an aromatic ring is 1. The third-order valence-electron chi connectivity index (χ3n) is 2.05. The number of hydrogen-bond donors (Lipinski definition) is 1. The smallest absolute Gasteiger partial charge is 0.358 e. The summed E-state index contributed by atoms with van der Waals surface area (Å²) >= 11 is 8.96. The van der Waals surface area contributed by atoms with Gasteiger partial charge in [-0.1, -0.05) is 11.3 Å². The molecular formula is C11H11Br2N3O4S2. The Morgan fingerprint density at radius 3 is 1.77 bits per heavy atom. The summed E-state index contributed by atoms with van der Waals surface area (Å²) in [6.07, 6.45) is 0. The highest BCUT2D eigenvalue weighted by Crippen LogP contribution is 2.26. The normalized spacial score (nSPS) is 9.68. The number of thiazole rings is 2. The monoisotopic (exact) mass is 471 g/mol. The van der Waals surface area contributed by atoms with Gasteiger partial charge in [-0.2, -0.15) is 0 Å². The molecule has 2 aromatic rings. The summed E-state index contributed by atoms with van der Waals surface area (Å²) in [6, 6.07) is 0. The third kappa shape index (κ3) is 5.00. The molecule has 0 aliphatic rings. The molecule has 0 saturated heterocycles. The minimum atomic E-state index is -0.482. The van der Waals surface area contributed by atoms with Crippen molar-refractivity contribution in [2.24, 2.45) is 0 Å². The standard InChI is InChI=1S/C6H6BrNO2S.C5H5BrN2O2S/c1-3-8-4(5(7)11-3)6(9)10-2;1-10-4(9)2-3(6)11-5(7)8-2/h1-2H3;1H3,(H2,7,8). The molecule has 2 aromatic heterocycles. The van der Waals surface area contributed by atoms with E-state index < -0.39 is 11.9 Å². The molecule has 120 valence electrons. The number of esters is 2. The number of hydrogen-bond acceptors (Lipinski definition) is 9. The first-order valence-electron chi connectivity index (χ1n) is 5.51. The third-order valence-corrected chi connectivity index (χ3v) is 5.21. The molecule has 0 radical (unpaired) electrons. The molecule has 0 unspecified atom stereocenters. The molecule has 0 aromatic carbocycles. The van der Waals surface area contributed by atoms with Crippen LogP contribution in [0.4, 0.5) is 5.13 Å². The molecule has 0 amide bonds. The van der Waals surface area contributed by atoms with Crippen molar-refractivity contribution >= 4 is 71.6 Å². The summed E-state index contributed by atoms with van der Waals surface area (Å²) in [4.78, 5) is 29.6. The SMILES string of the molecule is COC(=O)c1nc(C)sc1Br.COC(=O)c1nc(N)sc1Br. The number of aryl methyl sites for hydroxylation is 1. The van der Waals surface area contributed by atoms with Gasteiger partial charge in [-0.25, -0.2) is 19.6 Å². The van der Waals surface area contributed by atoms with Gasteiger partial charge in [0.05, 0.1) is 19.2 Å². The molecule has 11 heteroatoms. The second kappa shape index (κ2) is 8.56. The molecule has 0 atom stereocenters. The van der Waals surface area contributed by atoms with Crippen LogP contribution in [0.2, 0.25) is 0 Å². The molecule has 2 rings (SSSR count). The maximum absolute atomic E-state index is 10.9. The van der Waals surface area contributed by atoms with E-state index in [0.29, 0.717) is 14.6 Å². The summed E-state index contributed by atoms with van der Waals surface area (Å²) in [5.41, 5.74) is 5.93. The predicted molar refractivity (Wildman–Crippen MR) is 91.5 cm³/mol. The van der Waals surface area contributed by atoms with Crippen LogP contribution in [0.1, 0.15) is 26.0 Å². The van der Waals surface area contributed by atoms with Crippen LogP contribution in [0.25, 0.3) is 0 Å². The van der Waals surface area contributed by atoms with Crippen LogP contribution in [0.15, 0.2) is 7.57 Å². The van der Waals surface area contributed by atoms with E-state index in [1.54, 1.807) is 0 Å². The van der Waals surface area contributed by atoms with E-state index in [0.717, 1.165) is 8.79 Å². The quantitative estimate of drug-likeness (QED) is 0.668. The lowest BCUT2D eigenvalue weighted by Crippen LogP contribution is -2.02. The van der Waals surface area contributed by atoms with E-state index in [1.165, 1.54) is 36.9 Å². The van der Waals surface area contributed by atoms with E-state index in [4.69, 9.17) is 5.73 Å². The van der Waals surface area contributed by atoms with Crippen LogP contribution < -0.4 is 5.73 Å². The van der Waals surface area contributed by atoms with Crippen molar-refractivity contribution in [3.05, 3.63) is 24.0 Å². The fourth-order valence-corrected chi connectivity index (χ4v) is 4.03. The van der Waals surface area contributed by atoms with Crippen LogP contribution in [0, 0.1) is 6.92 Å². The molecule has 0 spiro atoms. The number of carbonyl (C=O) groups excluding carboxylic acids is 2. The summed E-state index contributed by atoms with van der Waals surface area (Å²) in [5, 5.41) is 1.19. The van der Waals surface area contributed by atoms with E-state index in [1.807, 2.05) is 6.92 Å². The minimum Gasteiger partial charge on any atom is -0.464 e. The van der Waals surface area contributed by atoms with Crippen molar-refractivity contribution in [1.82, 2.24) is 9.97 Å². The molecule has 2 N–H and O–H groups in total. The Morgan fingerprint density at radius 1 is 1.00 bits per heavy atom. The van der Waals surface area contributed by atoms with E-state index in [2.05, 4.69) is 51.3 Å². The molecule has 7 nitrogen and oxygen atoms in total. The largest absolute Gasteiger partial charge is 0.464 e. The van der Waals surface area contributed by atoms with E-state index in [-0.39, 0.29) is 5.69 Å². The Bertz CT molecular complexity index is 629. The number of halogens is 2. The van der Waals surface area contributed by atoms with Crippen molar-refractivity contribution in [2.75, 3.05) is 20.0 Å². The molecular weight excluding hydrogens is 462 g/mol. The number of nitrogens with zero attached hydrogens (tertiary/aromatic N) is 2. The van der Waals surface area contributed by atoms with Gasteiger partial charge in [0.2, 0.25) is 0 Å². The Labute approximate surface area is 151 Å². The zero-order chi connectivity index (χ0) is 16.9. The van der Waals surface area contributed by atoms with Gasteiger partial charge in [-0.3, -0.25) is 0 Å². The Kier molecular flexibility index (Phi) is 7.39. The van der Waals surface area contributed by atoms with Gasteiger partial charge in [0, 0.05) is 0 Å². The number of methoxy groups -OCH3 is 2. The second-order valence-electron chi connectivity index (χ2n) is 3.51. The number of anilines is 1. The Hall–Kier alpha value is -1.04.